The van der Waals surface area contributed by atoms with Gasteiger partial charge in [0.1, 0.15) is 12.3 Å². The Bertz CT molecular complexity index is 925. The van der Waals surface area contributed by atoms with Crippen LogP contribution in [0.2, 0.25) is 0 Å². The predicted octanol–water partition coefficient (Wildman–Crippen LogP) is 2.96. The van der Waals surface area contributed by atoms with E-state index in [-0.39, 0.29) is 12.6 Å². The quantitative estimate of drug-likeness (QED) is 0.789. The monoisotopic (exact) mass is 390 g/mol. The van der Waals surface area contributed by atoms with Crippen LogP contribution in [0.1, 0.15) is 29.7 Å². The Hall–Kier alpha value is -2.54. The number of nitrogens with zero attached hydrogens (tertiary/aromatic N) is 1. The lowest BCUT2D eigenvalue weighted by atomic mass is 10.1. The van der Waals surface area contributed by atoms with Gasteiger partial charge in [0, 0.05) is 5.56 Å². The molecule has 0 aliphatic carbocycles. The Kier molecular flexibility index (Phi) is 6.49. The van der Waals surface area contributed by atoms with E-state index in [4.69, 9.17) is 4.74 Å². The van der Waals surface area contributed by atoms with Gasteiger partial charge in [0.05, 0.1) is 25.1 Å². The Balaban J connectivity index is 2.20. The van der Waals surface area contributed by atoms with Crippen molar-refractivity contribution in [2.45, 2.75) is 26.8 Å². The van der Waals surface area contributed by atoms with Gasteiger partial charge >= 0.3 is 0 Å². The molecule has 0 aliphatic heterocycles. The molecule has 0 aromatic heterocycles. The van der Waals surface area contributed by atoms with Crippen molar-refractivity contribution >= 4 is 21.6 Å². The highest BCUT2D eigenvalue weighted by Crippen LogP contribution is 2.25. The van der Waals surface area contributed by atoms with Gasteiger partial charge < -0.3 is 10.1 Å². The van der Waals surface area contributed by atoms with Crippen LogP contribution in [0.25, 0.3) is 0 Å². The van der Waals surface area contributed by atoms with E-state index >= 15 is 0 Å². The van der Waals surface area contributed by atoms with Crippen LogP contribution in [0.5, 0.6) is 5.75 Å². The van der Waals surface area contributed by atoms with Gasteiger partial charge in [-0.1, -0.05) is 24.3 Å². The molecule has 0 aliphatic rings. The normalized spacial score (nSPS) is 12.3. The molecule has 2 rings (SSSR count). The van der Waals surface area contributed by atoms with Gasteiger partial charge in [0.2, 0.25) is 15.9 Å². The zero-order valence-electron chi connectivity index (χ0n) is 16.3. The molecule has 1 N–H and O–H groups in total. The van der Waals surface area contributed by atoms with Gasteiger partial charge in [-0.25, -0.2) is 8.42 Å². The molecule has 0 radical (unpaired) electrons. The van der Waals surface area contributed by atoms with Crippen molar-refractivity contribution in [3.05, 3.63) is 59.2 Å². The number of rotatable bonds is 7. The van der Waals surface area contributed by atoms with E-state index in [1.165, 1.54) is 0 Å². The summed E-state index contributed by atoms with van der Waals surface area (Å²) in [6, 6.07) is 12.4. The summed E-state index contributed by atoms with van der Waals surface area (Å²) in [5, 5.41) is 2.84. The topological polar surface area (TPSA) is 75.7 Å². The number of carbonyl (C=O) groups excluding carboxylic acids is 1. The van der Waals surface area contributed by atoms with Crippen molar-refractivity contribution in [3.63, 3.8) is 0 Å². The number of amides is 1. The van der Waals surface area contributed by atoms with E-state index < -0.39 is 15.9 Å². The number of benzene rings is 2. The Morgan fingerprint density at radius 2 is 1.81 bits per heavy atom. The summed E-state index contributed by atoms with van der Waals surface area (Å²) in [6.45, 7) is 5.39. The molecule has 0 saturated carbocycles. The van der Waals surface area contributed by atoms with Crippen molar-refractivity contribution in [2.75, 3.05) is 24.2 Å². The SMILES string of the molecule is COc1ccccc1[C@H](C)NC(=O)CN(c1ccc(C)c(C)c1)S(C)(=O)=O. The van der Waals surface area contributed by atoms with Crippen LogP contribution in [0.3, 0.4) is 0 Å². The fourth-order valence-electron chi connectivity index (χ4n) is 2.80. The van der Waals surface area contributed by atoms with Crippen LogP contribution >= 0.6 is 0 Å². The lowest BCUT2D eigenvalue weighted by molar-refractivity contribution is -0.120. The van der Waals surface area contributed by atoms with E-state index in [2.05, 4.69) is 5.32 Å². The molecule has 0 spiro atoms. The van der Waals surface area contributed by atoms with Crippen molar-refractivity contribution in [1.82, 2.24) is 5.32 Å². The first-order valence-corrected chi connectivity index (χ1v) is 10.5. The van der Waals surface area contributed by atoms with Crippen molar-refractivity contribution in [1.29, 1.82) is 0 Å². The summed E-state index contributed by atoms with van der Waals surface area (Å²) < 4.78 is 30.9. The summed E-state index contributed by atoms with van der Waals surface area (Å²) in [6.07, 6.45) is 1.10. The Labute approximate surface area is 161 Å². The van der Waals surface area contributed by atoms with Crippen LogP contribution in [-0.4, -0.2) is 34.2 Å². The van der Waals surface area contributed by atoms with Gasteiger partial charge in [0.15, 0.2) is 0 Å². The van der Waals surface area contributed by atoms with Gasteiger partial charge in [-0.15, -0.1) is 0 Å². The lowest BCUT2D eigenvalue weighted by Gasteiger charge is -2.24. The lowest BCUT2D eigenvalue weighted by Crippen LogP contribution is -2.41. The highest BCUT2D eigenvalue weighted by molar-refractivity contribution is 7.92. The third kappa shape index (κ3) is 5.23. The number of ether oxygens (including phenoxy) is 1. The maximum atomic E-state index is 12.6. The molecule has 0 fully saturated rings. The maximum Gasteiger partial charge on any atom is 0.241 e. The second kappa shape index (κ2) is 8.43. The van der Waals surface area contributed by atoms with Gasteiger partial charge in [-0.2, -0.15) is 0 Å². The van der Waals surface area contributed by atoms with E-state index in [0.717, 1.165) is 27.3 Å². The molecule has 6 nitrogen and oxygen atoms in total. The van der Waals surface area contributed by atoms with Crippen molar-refractivity contribution in [3.8, 4) is 5.75 Å². The van der Waals surface area contributed by atoms with Crippen molar-refractivity contribution in [2.24, 2.45) is 0 Å². The number of sulfonamides is 1. The summed E-state index contributed by atoms with van der Waals surface area (Å²) >= 11 is 0. The predicted molar refractivity (Wildman–Crippen MR) is 108 cm³/mol. The van der Waals surface area contributed by atoms with Crippen molar-refractivity contribution < 1.29 is 17.9 Å². The first kappa shape index (κ1) is 20.8. The first-order valence-electron chi connectivity index (χ1n) is 8.60. The fraction of sp³-hybridized carbons (Fsp3) is 0.350. The van der Waals surface area contributed by atoms with Gasteiger partial charge in [0.25, 0.3) is 0 Å². The molecule has 1 atom stereocenters. The number of anilines is 1. The third-order valence-electron chi connectivity index (χ3n) is 4.45. The number of hydrogen-bond acceptors (Lipinski definition) is 4. The highest BCUT2D eigenvalue weighted by atomic mass is 32.2. The minimum absolute atomic E-state index is 0.291. The molecule has 7 heteroatoms. The number of para-hydroxylation sites is 1. The minimum atomic E-state index is -3.61. The molecule has 0 saturated heterocycles. The highest BCUT2D eigenvalue weighted by Gasteiger charge is 2.22. The first-order chi connectivity index (χ1) is 12.6. The second-order valence-electron chi connectivity index (χ2n) is 6.57. The maximum absolute atomic E-state index is 12.6. The van der Waals surface area contributed by atoms with Crippen LogP contribution < -0.4 is 14.4 Å². The molecule has 2 aromatic carbocycles. The molecular formula is C20H26N2O4S. The number of methoxy groups -OCH3 is 1. The third-order valence-corrected chi connectivity index (χ3v) is 5.59. The van der Waals surface area contributed by atoms with Crippen LogP contribution in [0, 0.1) is 13.8 Å². The molecular weight excluding hydrogens is 364 g/mol. The average Bonchev–Trinajstić information content (AvgIpc) is 2.61. The molecule has 27 heavy (non-hydrogen) atoms. The second-order valence-corrected chi connectivity index (χ2v) is 8.48. The molecule has 0 unspecified atom stereocenters. The molecule has 0 heterocycles. The largest absolute Gasteiger partial charge is 0.496 e. The zero-order valence-corrected chi connectivity index (χ0v) is 17.1. The average molecular weight is 391 g/mol. The molecule has 1 amide bonds. The summed E-state index contributed by atoms with van der Waals surface area (Å²) in [4.78, 5) is 12.6. The standard InChI is InChI=1S/C20H26N2O4S/c1-14-10-11-17(12-15(14)2)22(27(5,24)25)13-20(23)21-16(3)18-8-6-7-9-19(18)26-4/h6-12,16H,13H2,1-5H3,(H,21,23)/t16-/m0/s1. The Morgan fingerprint density at radius 1 is 1.15 bits per heavy atom. The van der Waals surface area contributed by atoms with E-state index in [1.54, 1.807) is 19.2 Å². The number of nitrogens with one attached hydrogen (secondary N) is 1. The minimum Gasteiger partial charge on any atom is -0.496 e. The van der Waals surface area contributed by atoms with Crippen LogP contribution in [0.15, 0.2) is 42.5 Å². The summed E-state index contributed by atoms with van der Waals surface area (Å²) in [5.41, 5.74) is 3.32. The smallest absolute Gasteiger partial charge is 0.241 e. The fourth-order valence-corrected chi connectivity index (χ4v) is 3.65. The van der Waals surface area contributed by atoms with E-state index in [0.29, 0.717) is 11.4 Å². The van der Waals surface area contributed by atoms with Crippen LogP contribution in [-0.2, 0) is 14.8 Å². The molecule has 2 aromatic rings. The van der Waals surface area contributed by atoms with Crippen LogP contribution in [0.4, 0.5) is 5.69 Å². The zero-order chi connectivity index (χ0) is 20.2. The summed E-state index contributed by atoms with van der Waals surface area (Å²) in [5.74, 6) is 0.275. The summed E-state index contributed by atoms with van der Waals surface area (Å²) in [7, 11) is -2.04. The van der Waals surface area contributed by atoms with E-state index in [9.17, 15) is 13.2 Å². The number of aryl methyl sites for hydroxylation is 2. The van der Waals surface area contributed by atoms with E-state index in [1.807, 2.05) is 51.1 Å². The molecule has 146 valence electrons. The van der Waals surface area contributed by atoms with Gasteiger partial charge in [-0.05, 0) is 50.1 Å². The molecule has 0 bridgehead atoms. The number of carbonyl (C=O) groups is 1. The van der Waals surface area contributed by atoms with Gasteiger partial charge in [-0.3, -0.25) is 9.10 Å². The number of hydrogen-bond donors (Lipinski definition) is 1. The Morgan fingerprint density at radius 3 is 2.41 bits per heavy atom.